The highest BCUT2D eigenvalue weighted by Gasteiger charge is 2.21. The van der Waals surface area contributed by atoms with E-state index >= 15 is 0 Å². The van der Waals surface area contributed by atoms with Crippen LogP contribution in [0.25, 0.3) is 0 Å². The van der Waals surface area contributed by atoms with Crippen LogP contribution in [0.4, 0.5) is 4.39 Å². The van der Waals surface area contributed by atoms with Crippen molar-refractivity contribution < 1.29 is 4.39 Å². The van der Waals surface area contributed by atoms with Gasteiger partial charge in [-0.25, -0.2) is 4.39 Å². The Labute approximate surface area is 127 Å². The Balaban J connectivity index is 2.34. The van der Waals surface area contributed by atoms with Gasteiger partial charge in [0.05, 0.1) is 22.4 Å². The molecule has 2 rings (SSSR count). The number of hydrogen-bond donors (Lipinski definition) is 1. The molecule has 0 radical (unpaired) electrons. The molecule has 0 saturated carbocycles. The first-order chi connectivity index (χ1) is 9.54. The molecule has 20 heavy (non-hydrogen) atoms. The zero-order valence-corrected chi connectivity index (χ0v) is 13.5. The molecule has 0 aliphatic heterocycles. The van der Waals surface area contributed by atoms with Crippen molar-refractivity contribution in [2.75, 3.05) is 7.05 Å². The van der Waals surface area contributed by atoms with Crippen LogP contribution >= 0.6 is 15.9 Å². The van der Waals surface area contributed by atoms with Crippen molar-refractivity contribution in [3.63, 3.8) is 0 Å². The normalized spacial score (nSPS) is 12.9. The monoisotopic (exact) mass is 339 g/mol. The summed E-state index contributed by atoms with van der Waals surface area (Å²) in [6, 6.07) is 7.15. The number of benzene rings is 1. The summed E-state index contributed by atoms with van der Waals surface area (Å²) < 4.78 is 16.7. The van der Waals surface area contributed by atoms with E-state index in [0.717, 1.165) is 10.2 Å². The van der Waals surface area contributed by atoms with Gasteiger partial charge in [-0.05, 0) is 54.9 Å². The van der Waals surface area contributed by atoms with Crippen LogP contribution < -0.4 is 5.32 Å². The molecule has 5 heteroatoms. The van der Waals surface area contributed by atoms with E-state index in [1.165, 1.54) is 6.07 Å². The smallest absolute Gasteiger partial charge is 0.126 e. The number of likely N-dealkylation sites (N-methyl/N-ethyl adjacent to an activating group) is 1. The molecule has 0 amide bonds. The molecule has 0 aliphatic carbocycles. The molecule has 1 aromatic carbocycles. The molecule has 3 nitrogen and oxygen atoms in total. The molecule has 1 heterocycles. The number of nitrogens with zero attached hydrogens (tertiary/aromatic N) is 2. The van der Waals surface area contributed by atoms with Crippen LogP contribution in [0.15, 0.2) is 34.9 Å². The van der Waals surface area contributed by atoms with E-state index < -0.39 is 0 Å². The molecular weight excluding hydrogens is 321 g/mol. The van der Waals surface area contributed by atoms with Crippen molar-refractivity contribution in [2.45, 2.75) is 32.4 Å². The van der Waals surface area contributed by atoms with Crippen LogP contribution in [0, 0.1) is 5.82 Å². The van der Waals surface area contributed by atoms with Gasteiger partial charge in [-0.15, -0.1) is 0 Å². The molecule has 0 saturated heterocycles. The molecule has 0 spiro atoms. The lowest BCUT2D eigenvalue weighted by atomic mass is 10.0. The molecule has 1 unspecified atom stereocenters. The Kier molecular flexibility index (Phi) is 4.94. The van der Waals surface area contributed by atoms with E-state index in [9.17, 15) is 4.39 Å². The maximum Gasteiger partial charge on any atom is 0.126 e. The van der Waals surface area contributed by atoms with Crippen LogP contribution in [0.3, 0.4) is 0 Å². The van der Waals surface area contributed by atoms with Crippen molar-refractivity contribution in [2.24, 2.45) is 0 Å². The van der Waals surface area contributed by atoms with E-state index in [-0.39, 0.29) is 17.9 Å². The van der Waals surface area contributed by atoms with Crippen LogP contribution in [0.2, 0.25) is 0 Å². The molecule has 0 fully saturated rings. The van der Waals surface area contributed by atoms with Gasteiger partial charge in [0.15, 0.2) is 0 Å². The fourth-order valence-corrected chi connectivity index (χ4v) is 2.86. The fraction of sp³-hybridized carbons (Fsp3) is 0.400. The van der Waals surface area contributed by atoms with Crippen molar-refractivity contribution in [1.82, 2.24) is 15.1 Å². The average molecular weight is 340 g/mol. The topological polar surface area (TPSA) is 29.9 Å². The Morgan fingerprint density at radius 1 is 1.35 bits per heavy atom. The summed E-state index contributed by atoms with van der Waals surface area (Å²) in [6.07, 6.45) is 2.38. The van der Waals surface area contributed by atoms with Gasteiger partial charge >= 0.3 is 0 Å². The molecule has 1 N–H and O–H groups in total. The molecule has 1 atom stereocenters. The van der Waals surface area contributed by atoms with Crippen molar-refractivity contribution in [1.29, 1.82) is 0 Å². The maximum atomic E-state index is 13.8. The number of aromatic nitrogens is 2. The summed E-state index contributed by atoms with van der Waals surface area (Å²) in [5, 5.41) is 7.64. The minimum Gasteiger partial charge on any atom is -0.311 e. The van der Waals surface area contributed by atoms with Crippen molar-refractivity contribution >= 4 is 15.9 Å². The highest BCUT2D eigenvalue weighted by atomic mass is 79.9. The number of nitrogens with one attached hydrogen (secondary N) is 1. The van der Waals surface area contributed by atoms with Gasteiger partial charge in [0, 0.05) is 6.04 Å². The lowest BCUT2D eigenvalue weighted by Crippen LogP contribution is -2.24. The molecule has 108 valence electrons. The number of rotatable bonds is 5. The molecular formula is C15H19BrFN3. The minimum atomic E-state index is -0.167. The van der Waals surface area contributed by atoms with Gasteiger partial charge < -0.3 is 5.32 Å². The SMILES string of the molecule is CNC(Cc1ccccc1F)c1c(Br)cnn1C(C)C. The third-order valence-electron chi connectivity index (χ3n) is 3.34. The Hall–Kier alpha value is -1.20. The zero-order chi connectivity index (χ0) is 14.7. The van der Waals surface area contributed by atoms with E-state index in [2.05, 4.69) is 40.2 Å². The maximum absolute atomic E-state index is 13.8. The first kappa shape index (κ1) is 15.2. The van der Waals surface area contributed by atoms with Crippen LogP contribution in [-0.2, 0) is 6.42 Å². The Morgan fingerprint density at radius 2 is 2.05 bits per heavy atom. The highest BCUT2D eigenvalue weighted by Crippen LogP contribution is 2.28. The van der Waals surface area contributed by atoms with Gasteiger partial charge in [-0.3, -0.25) is 4.68 Å². The summed E-state index contributed by atoms with van der Waals surface area (Å²) in [5.74, 6) is -0.167. The lowest BCUT2D eigenvalue weighted by molar-refractivity contribution is 0.454. The predicted octanol–water partition coefficient (Wildman–Crippen LogP) is 3.87. The van der Waals surface area contributed by atoms with Gasteiger partial charge in [0.1, 0.15) is 5.82 Å². The van der Waals surface area contributed by atoms with E-state index in [1.54, 1.807) is 12.3 Å². The summed E-state index contributed by atoms with van der Waals surface area (Å²) in [4.78, 5) is 0. The molecule has 0 bridgehead atoms. The van der Waals surface area contributed by atoms with Gasteiger partial charge in [-0.1, -0.05) is 18.2 Å². The van der Waals surface area contributed by atoms with Gasteiger partial charge in [0.2, 0.25) is 0 Å². The van der Waals surface area contributed by atoms with Crippen molar-refractivity contribution in [3.8, 4) is 0 Å². The Morgan fingerprint density at radius 3 is 2.65 bits per heavy atom. The largest absolute Gasteiger partial charge is 0.311 e. The van der Waals surface area contributed by atoms with Gasteiger partial charge in [-0.2, -0.15) is 5.10 Å². The summed E-state index contributed by atoms with van der Waals surface area (Å²) >= 11 is 3.54. The van der Waals surface area contributed by atoms with E-state index in [0.29, 0.717) is 12.0 Å². The fourth-order valence-electron chi connectivity index (χ4n) is 2.31. The summed E-state index contributed by atoms with van der Waals surface area (Å²) in [6.45, 7) is 4.16. The van der Waals surface area contributed by atoms with Crippen LogP contribution in [0.1, 0.15) is 37.2 Å². The molecule has 0 aliphatic rings. The number of halogens is 2. The van der Waals surface area contributed by atoms with E-state index in [4.69, 9.17) is 0 Å². The highest BCUT2D eigenvalue weighted by molar-refractivity contribution is 9.10. The van der Waals surface area contributed by atoms with Gasteiger partial charge in [0.25, 0.3) is 0 Å². The third kappa shape index (κ3) is 3.10. The summed E-state index contributed by atoms with van der Waals surface area (Å²) in [7, 11) is 1.88. The molecule has 2 aromatic rings. The second kappa shape index (κ2) is 6.50. The van der Waals surface area contributed by atoms with Crippen LogP contribution in [0.5, 0.6) is 0 Å². The zero-order valence-electron chi connectivity index (χ0n) is 11.9. The quantitative estimate of drug-likeness (QED) is 0.896. The van der Waals surface area contributed by atoms with Crippen LogP contribution in [-0.4, -0.2) is 16.8 Å². The minimum absolute atomic E-state index is 0.00572. The number of hydrogen-bond acceptors (Lipinski definition) is 2. The van der Waals surface area contributed by atoms with E-state index in [1.807, 2.05) is 23.9 Å². The Bertz CT molecular complexity index is 580. The second-order valence-electron chi connectivity index (χ2n) is 5.05. The summed E-state index contributed by atoms with van der Waals surface area (Å²) in [5.41, 5.74) is 1.75. The predicted molar refractivity (Wildman–Crippen MR) is 82.2 cm³/mol. The standard InChI is InChI=1S/C15H19BrFN3/c1-10(2)20-15(12(16)9-19-20)14(18-3)8-11-6-4-5-7-13(11)17/h4-7,9-10,14,18H,8H2,1-3H3. The lowest BCUT2D eigenvalue weighted by Gasteiger charge is -2.21. The third-order valence-corrected chi connectivity index (χ3v) is 3.95. The molecule has 1 aromatic heterocycles. The van der Waals surface area contributed by atoms with Crippen molar-refractivity contribution in [3.05, 3.63) is 52.0 Å². The first-order valence-electron chi connectivity index (χ1n) is 6.68. The average Bonchev–Trinajstić information content (AvgIpc) is 2.80. The second-order valence-corrected chi connectivity index (χ2v) is 5.91. The first-order valence-corrected chi connectivity index (χ1v) is 7.47.